The van der Waals surface area contributed by atoms with Crippen LogP contribution < -0.4 is 10.1 Å². The molecular weight excluding hydrogens is 282 g/mol. The number of nitrogens with one attached hydrogen (secondary N) is 1. The summed E-state index contributed by atoms with van der Waals surface area (Å²) in [4.78, 5) is 15.9. The molecule has 1 aromatic heterocycles. The lowest BCUT2D eigenvalue weighted by Gasteiger charge is -2.16. The minimum Gasteiger partial charge on any atom is -0.495 e. The molecule has 0 spiro atoms. The molecule has 2 aromatic rings. The molecule has 1 aromatic carbocycles. The van der Waals surface area contributed by atoms with Gasteiger partial charge in [0.2, 0.25) is 0 Å². The third kappa shape index (κ3) is 2.81. The minimum atomic E-state index is -0.195. The van der Waals surface area contributed by atoms with Crippen molar-refractivity contribution in [2.45, 2.75) is 6.92 Å². The number of imidazole rings is 1. The zero-order valence-electron chi connectivity index (χ0n) is 12.5. The molecule has 6 heteroatoms. The normalized spacial score (nSPS) is 16.3. The zero-order chi connectivity index (χ0) is 15.5. The molecule has 0 atom stereocenters. The van der Waals surface area contributed by atoms with Crippen molar-refractivity contribution in [3.63, 3.8) is 0 Å². The first-order valence-corrected chi connectivity index (χ1v) is 6.99. The molecule has 1 N–H and O–H groups in total. The fourth-order valence-corrected chi connectivity index (χ4v) is 2.29. The van der Waals surface area contributed by atoms with Crippen molar-refractivity contribution in [2.75, 3.05) is 20.3 Å². The summed E-state index contributed by atoms with van der Waals surface area (Å²) >= 11 is 0. The van der Waals surface area contributed by atoms with Crippen LogP contribution in [0.4, 0.5) is 0 Å². The van der Waals surface area contributed by atoms with E-state index in [9.17, 15) is 4.79 Å². The van der Waals surface area contributed by atoms with Gasteiger partial charge in [-0.2, -0.15) is 0 Å². The van der Waals surface area contributed by atoms with E-state index in [4.69, 9.17) is 9.47 Å². The number of morpholine rings is 1. The van der Waals surface area contributed by atoms with E-state index in [0.29, 0.717) is 24.7 Å². The van der Waals surface area contributed by atoms with E-state index in [2.05, 4.69) is 10.3 Å². The number of rotatable bonds is 3. The van der Waals surface area contributed by atoms with Crippen LogP contribution in [0.25, 0.3) is 11.8 Å². The maximum Gasteiger partial charge on any atom is 0.286 e. The highest BCUT2D eigenvalue weighted by Gasteiger charge is 2.16. The van der Waals surface area contributed by atoms with Crippen LogP contribution in [-0.2, 0) is 9.53 Å². The van der Waals surface area contributed by atoms with Crippen LogP contribution in [0.2, 0.25) is 0 Å². The van der Waals surface area contributed by atoms with Crippen molar-refractivity contribution in [2.24, 2.45) is 0 Å². The smallest absolute Gasteiger partial charge is 0.286 e. The first kappa shape index (κ1) is 14.2. The monoisotopic (exact) mass is 299 g/mol. The molecule has 0 bridgehead atoms. The Kier molecular flexibility index (Phi) is 3.82. The van der Waals surface area contributed by atoms with E-state index < -0.39 is 0 Å². The van der Waals surface area contributed by atoms with Gasteiger partial charge in [-0.25, -0.2) is 4.98 Å². The second-order valence-corrected chi connectivity index (χ2v) is 4.97. The van der Waals surface area contributed by atoms with Gasteiger partial charge in [0.1, 0.15) is 12.4 Å². The van der Waals surface area contributed by atoms with Crippen LogP contribution in [0.5, 0.6) is 5.75 Å². The fourth-order valence-electron chi connectivity index (χ4n) is 2.29. The number of aromatic nitrogens is 2. The van der Waals surface area contributed by atoms with Crippen molar-refractivity contribution < 1.29 is 14.3 Å². The Bertz CT molecular complexity index is 734. The number of hydrogen-bond acceptors (Lipinski definition) is 4. The van der Waals surface area contributed by atoms with Crippen LogP contribution in [0.1, 0.15) is 11.3 Å². The molecule has 2 heterocycles. The zero-order valence-corrected chi connectivity index (χ0v) is 12.5. The van der Waals surface area contributed by atoms with Gasteiger partial charge in [-0.15, -0.1) is 0 Å². The lowest BCUT2D eigenvalue weighted by Crippen LogP contribution is -2.34. The van der Waals surface area contributed by atoms with E-state index in [-0.39, 0.29) is 5.91 Å². The van der Waals surface area contributed by atoms with Gasteiger partial charge in [-0.05, 0) is 30.7 Å². The summed E-state index contributed by atoms with van der Waals surface area (Å²) in [7, 11) is 1.61. The molecule has 1 saturated heterocycles. The van der Waals surface area contributed by atoms with Gasteiger partial charge in [-0.3, -0.25) is 4.79 Å². The van der Waals surface area contributed by atoms with Crippen LogP contribution >= 0.6 is 0 Å². The van der Waals surface area contributed by atoms with Crippen LogP contribution in [0.15, 0.2) is 36.5 Å². The molecule has 0 unspecified atom stereocenters. The Morgan fingerprint density at radius 1 is 1.45 bits per heavy atom. The van der Waals surface area contributed by atoms with Crippen molar-refractivity contribution >= 4 is 12.0 Å². The molecule has 1 amide bonds. The van der Waals surface area contributed by atoms with Crippen molar-refractivity contribution in [3.8, 4) is 11.4 Å². The van der Waals surface area contributed by atoms with Gasteiger partial charge in [0.05, 0.1) is 31.4 Å². The molecule has 3 rings (SSSR count). The molecule has 1 aliphatic heterocycles. The summed E-state index contributed by atoms with van der Waals surface area (Å²) in [5.41, 5.74) is 2.66. The number of hydrogen-bond donors (Lipinski definition) is 1. The maximum atomic E-state index is 11.7. The highest BCUT2D eigenvalue weighted by molar-refractivity contribution is 5.96. The Balaban J connectivity index is 1.95. The fraction of sp³-hybridized carbons (Fsp3) is 0.250. The maximum absolute atomic E-state index is 11.7. The summed E-state index contributed by atoms with van der Waals surface area (Å²) in [6.45, 7) is 2.96. The molecule has 0 saturated carbocycles. The summed E-state index contributed by atoms with van der Waals surface area (Å²) in [5, 5.41) is 2.75. The summed E-state index contributed by atoms with van der Waals surface area (Å²) in [6, 6.07) is 5.70. The Labute approximate surface area is 128 Å². The predicted molar refractivity (Wildman–Crippen MR) is 81.8 cm³/mol. The molecule has 22 heavy (non-hydrogen) atoms. The molecule has 114 valence electrons. The Morgan fingerprint density at radius 3 is 3.00 bits per heavy atom. The molecule has 1 aliphatic rings. The number of ether oxygens (including phenoxy) is 2. The number of methoxy groups -OCH3 is 1. The van der Waals surface area contributed by atoms with Crippen LogP contribution in [0, 0.1) is 6.92 Å². The van der Waals surface area contributed by atoms with E-state index in [1.54, 1.807) is 19.5 Å². The lowest BCUT2D eigenvalue weighted by molar-refractivity contribution is -0.123. The standard InChI is InChI=1S/C16H17N3O3/c1-11-9-19(10-18-11)13-4-3-12(7-14(13)21-2)8-15-16(20)17-5-6-22-15/h3-4,7-10H,5-6H2,1-2H3,(H,17,20). The minimum absolute atomic E-state index is 0.195. The summed E-state index contributed by atoms with van der Waals surface area (Å²) < 4.78 is 12.7. The number of carbonyl (C=O) groups is 1. The van der Waals surface area contributed by atoms with Crippen molar-refractivity contribution in [3.05, 3.63) is 47.7 Å². The average molecular weight is 299 g/mol. The largest absolute Gasteiger partial charge is 0.495 e. The second kappa shape index (κ2) is 5.93. The molecule has 0 radical (unpaired) electrons. The van der Waals surface area contributed by atoms with Gasteiger partial charge in [0.25, 0.3) is 5.91 Å². The van der Waals surface area contributed by atoms with Crippen LogP contribution in [-0.4, -0.2) is 35.7 Å². The van der Waals surface area contributed by atoms with Crippen molar-refractivity contribution in [1.82, 2.24) is 14.9 Å². The Morgan fingerprint density at radius 2 is 2.32 bits per heavy atom. The predicted octanol–water partition coefficient (Wildman–Crippen LogP) is 1.68. The third-order valence-electron chi connectivity index (χ3n) is 3.36. The first-order chi connectivity index (χ1) is 10.7. The van der Waals surface area contributed by atoms with Crippen molar-refractivity contribution in [1.29, 1.82) is 0 Å². The molecule has 0 aliphatic carbocycles. The second-order valence-electron chi connectivity index (χ2n) is 4.97. The number of aryl methyl sites for hydroxylation is 1. The van der Waals surface area contributed by atoms with E-state index in [1.807, 2.05) is 35.9 Å². The van der Waals surface area contributed by atoms with Gasteiger partial charge < -0.3 is 19.4 Å². The van der Waals surface area contributed by atoms with Gasteiger partial charge in [-0.1, -0.05) is 6.07 Å². The third-order valence-corrected chi connectivity index (χ3v) is 3.36. The van der Waals surface area contributed by atoms with Gasteiger partial charge in [0.15, 0.2) is 5.76 Å². The van der Waals surface area contributed by atoms with E-state index >= 15 is 0 Å². The van der Waals surface area contributed by atoms with E-state index in [0.717, 1.165) is 16.9 Å². The summed E-state index contributed by atoms with van der Waals surface area (Å²) in [5.74, 6) is 0.821. The lowest BCUT2D eigenvalue weighted by atomic mass is 10.1. The number of nitrogens with zero attached hydrogens (tertiary/aromatic N) is 2. The highest BCUT2D eigenvalue weighted by Crippen LogP contribution is 2.25. The SMILES string of the molecule is COc1cc(C=C2OCCNC2=O)ccc1-n1cnc(C)c1. The van der Waals surface area contributed by atoms with E-state index in [1.165, 1.54) is 0 Å². The first-order valence-electron chi connectivity index (χ1n) is 6.99. The molecular formula is C16H17N3O3. The average Bonchev–Trinajstić information content (AvgIpc) is 2.96. The van der Waals surface area contributed by atoms with Crippen LogP contribution in [0.3, 0.4) is 0 Å². The molecule has 6 nitrogen and oxygen atoms in total. The summed E-state index contributed by atoms with van der Waals surface area (Å²) in [6.07, 6.45) is 5.37. The number of carbonyl (C=O) groups excluding carboxylic acids is 1. The quantitative estimate of drug-likeness (QED) is 0.876. The number of amides is 1. The van der Waals surface area contributed by atoms with Gasteiger partial charge >= 0.3 is 0 Å². The van der Waals surface area contributed by atoms with Gasteiger partial charge in [0, 0.05) is 6.20 Å². The topological polar surface area (TPSA) is 65.4 Å². The highest BCUT2D eigenvalue weighted by atomic mass is 16.5. The molecule has 1 fully saturated rings. The number of benzene rings is 1. The Hall–Kier alpha value is -2.76.